The van der Waals surface area contributed by atoms with Gasteiger partial charge < -0.3 is 15.1 Å². The molecule has 1 spiro atoms. The van der Waals surface area contributed by atoms with E-state index in [9.17, 15) is 4.79 Å². The highest BCUT2D eigenvalue weighted by Crippen LogP contribution is 2.47. The van der Waals surface area contributed by atoms with E-state index in [1.54, 1.807) is 0 Å². The number of likely N-dealkylation sites (tertiary alicyclic amines) is 2. The second-order valence-corrected chi connectivity index (χ2v) is 8.94. The monoisotopic (exact) mass is 510 g/mol. The van der Waals surface area contributed by atoms with Crippen molar-refractivity contribution in [1.82, 2.24) is 15.1 Å². The standard InChI is InChI=1S/C23H34N4O.HI/c1-24-22(27-15-12-23(18-27)10-5-11-23)25-17-21(28)26-13-8-20(9-14-26)16-19-6-3-2-4-7-19;/h2-4,6-7,20H,5,8-18H2,1H3,(H,24,25);1H. The van der Waals surface area contributed by atoms with E-state index >= 15 is 0 Å². The predicted octanol–water partition coefficient (Wildman–Crippen LogP) is 3.54. The Morgan fingerprint density at radius 1 is 1.10 bits per heavy atom. The van der Waals surface area contributed by atoms with Crippen molar-refractivity contribution in [2.45, 2.75) is 44.9 Å². The number of halogens is 1. The number of benzene rings is 1. The van der Waals surface area contributed by atoms with Crippen LogP contribution in [0.15, 0.2) is 35.3 Å². The summed E-state index contributed by atoms with van der Waals surface area (Å²) in [5.74, 6) is 1.79. The lowest BCUT2D eigenvalue weighted by atomic mass is 9.68. The maximum atomic E-state index is 12.7. The molecule has 3 aliphatic rings. The minimum atomic E-state index is 0. The Morgan fingerprint density at radius 3 is 2.41 bits per heavy atom. The van der Waals surface area contributed by atoms with E-state index in [1.165, 1.54) is 31.2 Å². The van der Waals surface area contributed by atoms with Crippen molar-refractivity contribution in [2.75, 3.05) is 39.8 Å². The minimum Gasteiger partial charge on any atom is -0.347 e. The zero-order valence-electron chi connectivity index (χ0n) is 17.6. The van der Waals surface area contributed by atoms with Gasteiger partial charge >= 0.3 is 0 Å². The van der Waals surface area contributed by atoms with E-state index in [0.717, 1.165) is 51.4 Å². The molecule has 0 bridgehead atoms. The molecule has 2 aliphatic heterocycles. The fourth-order valence-corrected chi connectivity index (χ4v) is 5.13. The number of piperidine rings is 1. The molecule has 0 aromatic heterocycles. The summed E-state index contributed by atoms with van der Waals surface area (Å²) in [6.45, 7) is 4.29. The van der Waals surface area contributed by atoms with E-state index in [-0.39, 0.29) is 29.9 Å². The number of carbonyl (C=O) groups is 1. The number of amides is 1. The average Bonchev–Trinajstić information content (AvgIpc) is 3.16. The second kappa shape index (κ2) is 10.1. The summed E-state index contributed by atoms with van der Waals surface area (Å²) in [4.78, 5) is 21.5. The number of hydrogen-bond donors (Lipinski definition) is 1. The molecule has 4 rings (SSSR count). The van der Waals surface area contributed by atoms with Crippen LogP contribution in [0.2, 0.25) is 0 Å². The second-order valence-electron chi connectivity index (χ2n) is 8.94. The van der Waals surface area contributed by atoms with Gasteiger partial charge in [-0.2, -0.15) is 0 Å². The Morgan fingerprint density at radius 2 is 1.83 bits per heavy atom. The Labute approximate surface area is 192 Å². The Bertz CT molecular complexity index is 696. The first-order chi connectivity index (χ1) is 13.7. The lowest BCUT2D eigenvalue weighted by Crippen LogP contribution is -2.48. The molecule has 1 aliphatic carbocycles. The maximum absolute atomic E-state index is 12.7. The van der Waals surface area contributed by atoms with Crippen LogP contribution in [-0.4, -0.2) is 61.4 Å². The van der Waals surface area contributed by atoms with Crippen LogP contribution < -0.4 is 5.32 Å². The van der Waals surface area contributed by atoms with E-state index in [4.69, 9.17) is 0 Å². The topological polar surface area (TPSA) is 47.9 Å². The molecule has 1 aromatic rings. The molecule has 2 saturated heterocycles. The first kappa shape index (κ1) is 22.4. The molecule has 0 unspecified atom stereocenters. The summed E-state index contributed by atoms with van der Waals surface area (Å²) in [7, 11) is 1.83. The van der Waals surface area contributed by atoms with E-state index in [2.05, 4.69) is 45.5 Å². The van der Waals surface area contributed by atoms with Crippen LogP contribution in [-0.2, 0) is 11.2 Å². The summed E-state index contributed by atoms with van der Waals surface area (Å²) in [5.41, 5.74) is 1.95. The molecule has 2 heterocycles. The molecule has 1 aromatic carbocycles. The lowest BCUT2D eigenvalue weighted by molar-refractivity contribution is -0.131. The third-order valence-electron chi connectivity index (χ3n) is 7.10. The smallest absolute Gasteiger partial charge is 0.241 e. The van der Waals surface area contributed by atoms with Gasteiger partial charge in [0.25, 0.3) is 0 Å². The molecule has 1 amide bonds. The van der Waals surface area contributed by atoms with Crippen molar-refractivity contribution < 1.29 is 4.79 Å². The summed E-state index contributed by atoms with van der Waals surface area (Å²) in [6, 6.07) is 10.7. The van der Waals surface area contributed by atoms with Gasteiger partial charge in [-0.25, -0.2) is 0 Å². The number of aliphatic imine (C=N–C) groups is 1. The molecule has 1 saturated carbocycles. The van der Waals surface area contributed by atoms with Gasteiger partial charge in [-0.3, -0.25) is 9.79 Å². The van der Waals surface area contributed by atoms with Crippen LogP contribution in [0.5, 0.6) is 0 Å². The van der Waals surface area contributed by atoms with Crippen LogP contribution in [0.1, 0.15) is 44.1 Å². The number of nitrogens with zero attached hydrogens (tertiary/aromatic N) is 3. The van der Waals surface area contributed by atoms with E-state index in [1.807, 2.05) is 11.9 Å². The number of nitrogens with one attached hydrogen (secondary N) is 1. The molecule has 3 fully saturated rings. The van der Waals surface area contributed by atoms with Gasteiger partial charge in [-0.15, -0.1) is 24.0 Å². The van der Waals surface area contributed by atoms with Crippen LogP contribution in [0.4, 0.5) is 0 Å². The molecule has 160 valence electrons. The fraction of sp³-hybridized carbons (Fsp3) is 0.652. The van der Waals surface area contributed by atoms with Crippen molar-refractivity contribution in [3.63, 3.8) is 0 Å². The van der Waals surface area contributed by atoms with Crippen molar-refractivity contribution in [3.8, 4) is 0 Å². The van der Waals surface area contributed by atoms with Gasteiger partial charge in [0.15, 0.2) is 5.96 Å². The first-order valence-electron chi connectivity index (χ1n) is 10.9. The van der Waals surface area contributed by atoms with Gasteiger partial charge in [0.1, 0.15) is 0 Å². The SMILES string of the molecule is CN=C(NCC(=O)N1CCC(Cc2ccccc2)CC1)N1CCC2(CCC2)C1.I. The number of rotatable bonds is 4. The van der Waals surface area contributed by atoms with Gasteiger partial charge in [-0.05, 0) is 55.4 Å². The lowest BCUT2D eigenvalue weighted by Gasteiger charge is -2.38. The van der Waals surface area contributed by atoms with Gasteiger partial charge in [0.05, 0.1) is 6.54 Å². The summed E-state index contributed by atoms with van der Waals surface area (Å²) in [5, 5.41) is 3.33. The largest absolute Gasteiger partial charge is 0.347 e. The van der Waals surface area contributed by atoms with Crippen LogP contribution >= 0.6 is 24.0 Å². The highest BCUT2D eigenvalue weighted by molar-refractivity contribution is 14.0. The fourth-order valence-electron chi connectivity index (χ4n) is 5.13. The van der Waals surface area contributed by atoms with Crippen molar-refractivity contribution in [1.29, 1.82) is 0 Å². The van der Waals surface area contributed by atoms with Gasteiger partial charge in [-0.1, -0.05) is 36.8 Å². The quantitative estimate of drug-likeness (QED) is 0.383. The zero-order chi connectivity index (χ0) is 19.4. The third-order valence-corrected chi connectivity index (χ3v) is 7.10. The van der Waals surface area contributed by atoms with Gasteiger partial charge in [0.2, 0.25) is 5.91 Å². The van der Waals surface area contributed by atoms with Crippen molar-refractivity contribution in [3.05, 3.63) is 35.9 Å². The summed E-state index contributed by atoms with van der Waals surface area (Å²) < 4.78 is 0. The highest BCUT2D eigenvalue weighted by Gasteiger charge is 2.43. The van der Waals surface area contributed by atoms with Crippen LogP contribution in [0.25, 0.3) is 0 Å². The summed E-state index contributed by atoms with van der Waals surface area (Å²) in [6.07, 6.45) is 8.70. The summed E-state index contributed by atoms with van der Waals surface area (Å²) >= 11 is 0. The molecular weight excluding hydrogens is 475 g/mol. The van der Waals surface area contributed by atoms with Gasteiger partial charge in [0, 0.05) is 33.2 Å². The zero-order valence-corrected chi connectivity index (χ0v) is 19.9. The van der Waals surface area contributed by atoms with Crippen molar-refractivity contribution >= 4 is 35.8 Å². The molecule has 5 nitrogen and oxygen atoms in total. The molecule has 0 radical (unpaired) electrons. The van der Waals surface area contributed by atoms with Crippen LogP contribution in [0.3, 0.4) is 0 Å². The predicted molar refractivity (Wildman–Crippen MR) is 129 cm³/mol. The number of guanidine groups is 1. The molecule has 6 heteroatoms. The highest BCUT2D eigenvalue weighted by atomic mass is 127. The molecule has 29 heavy (non-hydrogen) atoms. The minimum absolute atomic E-state index is 0. The number of hydrogen-bond acceptors (Lipinski definition) is 2. The Kier molecular flexibility index (Phi) is 7.82. The molecule has 1 N–H and O–H groups in total. The Balaban J connectivity index is 0.00000240. The maximum Gasteiger partial charge on any atom is 0.241 e. The van der Waals surface area contributed by atoms with Crippen LogP contribution in [0, 0.1) is 11.3 Å². The molecular formula is C23H35IN4O. The van der Waals surface area contributed by atoms with Crippen molar-refractivity contribution in [2.24, 2.45) is 16.3 Å². The first-order valence-corrected chi connectivity index (χ1v) is 10.9. The number of carbonyl (C=O) groups excluding carboxylic acids is 1. The molecule has 0 atom stereocenters. The van der Waals surface area contributed by atoms with E-state index in [0.29, 0.717) is 17.9 Å². The average molecular weight is 510 g/mol. The Hall–Kier alpha value is -1.31. The van der Waals surface area contributed by atoms with E-state index < -0.39 is 0 Å². The normalized spacial score (nSPS) is 21.6. The third kappa shape index (κ3) is 5.44.